The highest BCUT2D eigenvalue weighted by Gasteiger charge is 2.42. The van der Waals surface area contributed by atoms with Crippen LogP contribution in [0.1, 0.15) is 30.6 Å². The molecule has 1 aromatic heterocycles. The summed E-state index contributed by atoms with van der Waals surface area (Å²) < 4.78 is 0. The fourth-order valence-corrected chi connectivity index (χ4v) is 4.84. The van der Waals surface area contributed by atoms with E-state index in [1.54, 1.807) is 11.8 Å². The molecular weight excluding hydrogens is 248 g/mol. The quantitative estimate of drug-likeness (QED) is 0.765. The Bertz CT molecular complexity index is 490. The van der Waals surface area contributed by atoms with Gasteiger partial charge in [0.2, 0.25) is 0 Å². The summed E-state index contributed by atoms with van der Waals surface area (Å²) in [7, 11) is 0. The molecule has 0 spiro atoms. The van der Waals surface area contributed by atoms with Gasteiger partial charge in [-0.25, -0.2) is 0 Å². The molecule has 0 bridgehead atoms. The van der Waals surface area contributed by atoms with Crippen LogP contribution in [0.3, 0.4) is 0 Å². The molecule has 3 aliphatic rings. The topological polar surface area (TPSA) is 15.6 Å². The van der Waals surface area contributed by atoms with Crippen LogP contribution < -0.4 is 0 Å². The molecule has 4 rings (SSSR count). The standard InChI is InChI=1S/C13H14N2S2/c1-2-5-10-9(4-1)14-13-15(10)11(8-17-13)12-6-3-7-16-12/h3,6-10H,1-2,4-5H2/t9-,10+/m1/s1. The molecule has 2 atom stereocenters. The first-order valence-corrected chi connectivity index (χ1v) is 7.97. The van der Waals surface area contributed by atoms with Gasteiger partial charge in [-0.05, 0) is 24.3 Å². The second kappa shape index (κ2) is 3.89. The van der Waals surface area contributed by atoms with E-state index in [1.807, 2.05) is 11.3 Å². The Labute approximate surface area is 109 Å². The van der Waals surface area contributed by atoms with Gasteiger partial charge in [-0.15, -0.1) is 11.3 Å². The number of aliphatic imine (C=N–C) groups is 1. The van der Waals surface area contributed by atoms with Gasteiger partial charge in [-0.1, -0.05) is 30.7 Å². The molecule has 0 aromatic carbocycles. The summed E-state index contributed by atoms with van der Waals surface area (Å²) >= 11 is 3.64. The first-order valence-electron chi connectivity index (χ1n) is 6.21. The highest BCUT2D eigenvalue weighted by molar-refractivity contribution is 8.16. The van der Waals surface area contributed by atoms with E-state index in [9.17, 15) is 0 Å². The third-order valence-corrected chi connectivity index (χ3v) is 5.56. The zero-order chi connectivity index (χ0) is 11.2. The van der Waals surface area contributed by atoms with Crippen molar-refractivity contribution in [2.75, 3.05) is 0 Å². The maximum Gasteiger partial charge on any atom is 0.168 e. The molecule has 2 aliphatic heterocycles. The molecule has 0 amide bonds. The summed E-state index contributed by atoms with van der Waals surface area (Å²) in [6.45, 7) is 0. The Balaban J connectivity index is 1.70. The molecule has 0 N–H and O–H groups in total. The number of hydrogen-bond donors (Lipinski definition) is 0. The highest BCUT2D eigenvalue weighted by Crippen LogP contribution is 2.44. The van der Waals surface area contributed by atoms with Crippen molar-refractivity contribution in [1.29, 1.82) is 0 Å². The average Bonchev–Trinajstić information content (AvgIpc) is 3.04. The number of thiophene rings is 1. The third-order valence-electron chi connectivity index (χ3n) is 3.82. The molecule has 0 saturated heterocycles. The lowest BCUT2D eigenvalue weighted by Gasteiger charge is -2.31. The van der Waals surface area contributed by atoms with Crippen molar-refractivity contribution in [3.63, 3.8) is 0 Å². The van der Waals surface area contributed by atoms with Crippen LogP contribution in [-0.2, 0) is 0 Å². The van der Waals surface area contributed by atoms with Gasteiger partial charge in [0.15, 0.2) is 5.17 Å². The Morgan fingerprint density at radius 1 is 1.29 bits per heavy atom. The van der Waals surface area contributed by atoms with Crippen molar-refractivity contribution >= 4 is 34.0 Å². The number of hydrogen-bond acceptors (Lipinski definition) is 4. The minimum absolute atomic E-state index is 0.565. The smallest absolute Gasteiger partial charge is 0.168 e. The van der Waals surface area contributed by atoms with E-state index in [0.717, 1.165) is 0 Å². The Hall–Kier alpha value is -0.740. The van der Waals surface area contributed by atoms with Crippen LogP contribution in [0.25, 0.3) is 5.70 Å². The summed E-state index contributed by atoms with van der Waals surface area (Å²) in [5.41, 5.74) is 1.39. The van der Waals surface area contributed by atoms with Crippen molar-refractivity contribution in [3.05, 3.63) is 27.8 Å². The highest BCUT2D eigenvalue weighted by atomic mass is 32.2. The summed E-state index contributed by atoms with van der Waals surface area (Å²) in [5.74, 6) is 0. The Morgan fingerprint density at radius 3 is 3.12 bits per heavy atom. The Kier molecular flexibility index (Phi) is 2.33. The van der Waals surface area contributed by atoms with E-state index in [0.29, 0.717) is 12.1 Å². The maximum atomic E-state index is 4.89. The van der Waals surface area contributed by atoms with Crippen LogP contribution in [0.2, 0.25) is 0 Å². The zero-order valence-corrected chi connectivity index (χ0v) is 11.1. The molecule has 88 valence electrons. The van der Waals surface area contributed by atoms with E-state index < -0.39 is 0 Å². The van der Waals surface area contributed by atoms with Crippen LogP contribution in [0.5, 0.6) is 0 Å². The first-order chi connectivity index (χ1) is 8.43. The second-order valence-electron chi connectivity index (χ2n) is 4.80. The molecule has 0 unspecified atom stereocenters. The van der Waals surface area contributed by atoms with Gasteiger partial charge in [-0.2, -0.15) is 0 Å². The summed E-state index contributed by atoms with van der Waals surface area (Å²) in [6.07, 6.45) is 5.31. The van der Waals surface area contributed by atoms with Crippen LogP contribution in [0, 0.1) is 0 Å². The van der Waals surface area contributed by atoms with Crippen LogP contribution in [0.15, 0.2) is 27.9 Å². The van der Waals surface area contributed by atoms with E-state index in [2.05, 4.69) is 27.8 Å². The summed E-state index contributed by atoms with van der Waals surface area (Å²) in [6, 6.07) is 5.56. The lowest BCUT2D eigenvalue weighted by atomic mass is 9.90. The average molecular weight is 262 g/mol. The van der Waals surface area contributed by atoms with Crippen molar-refractivity contribution in [2.45, 2.75) is 37.8 Å². The number of amidine groups is 1. The first kappa shape index (κ1) is 10.2. The molecule has 1 aromatic rings. The minimum atomic E-state index is 0.565. The van der Waals surface area contributed by atoms with Crippen molar-refractivity contribution in [3.8, 4) is 0 Å². The number of rotatable bonds is 1. The summed E-state index contributed by atoms with van der Waals surface area (Å²) in [5, 5.41) is 5.67. The van der Waals surface area contributed by atoms with E-state index >= 15 is 0 Å². The zero-order valence-electron chi connectivity index (χ0n) is 9.50. The van der Waals surface area contributed by atoms with Crippen LogP contribution in [0.4, 0.5) is 0 Å². The summed E-state index contributed by atoms with van der Waals surface area (Å²) in [4.78, 5) is 8.77. The van der Waals surface area contributed by atoms with Crippen LogP contribution in [-0.4, -0.2) is 22.2 Å². The van der Waals surface area contributed by atoms with Crippen molar-refractivity contribution < 1.29 is 0 Å². The molecule has 1 aliphatic carbocycles. The number of thioether (sulfide) groups is 1. The maximum absolute atomic E-state index is 4.89. The molecular formula is C13H14N2S2. The lowest BCUT2D eigenvalue weighted by molar-refractivity contribution is 0.306. The third kappa shape index (κ3) is 1.50. The predicted octanol–water partition coefficient (Wildman–Crippen LogP) is 3.78. The van der Waals surface area contributed by atoms with Gasteiger partial charge in [0.25, 0.3) is 0 Å². The largest absolute Gasteiger partial charge is 0.314 e. The van der Waals surface area contributed by atoms with Gasteiger partial charge in [-0.3, -0.25) is 4.99 Å². The molecule has 4 heteroatoms. The minimum Gasteiger partial charge on any atom is -0.314 e. The second-order valence-corrected chi connectivity index (χ2v) is 6.58. The van der Waals surface area contributed by atoms with E-state index in [4.69, 9.17) is 4.99 Å². The van der Waals surface area contributed by atoms with Crippen molar-refractivity contribution in [1.82, 2.24) is 4.90 Å². The molecule has 17 heavy (non-hydrogen) atoms. The molecule has 0 radical (unpaired) electrons. The molecule has 1 fully saturated rings. The van der Waals surface area contributed by atoms with E-state index in [1.165, 1.54) is 41.4 Å². The monoisotopic (exact) mass is 262 g/mol. The van der Waals surface area contributed by atoms with Gasteiger partial charge < -0.3 is 4.90 Å². The van der Waals surface area contributed by atoms with Gasteiger partial charge in [0, 0.05) is 5.41 Å². The van der Waals surface area contributed by atoms with Gasteiger partial charge >= 0.3 is 0 Å². The SMILES string of the molecule is C1=C(c2cccs2)N2C(=N[C@@H]3CCCC[C@@H]32)S1. The van der Waals surface area contributed by atoms with E-state index in [-0.39, 0.29) is 0 Å². The van der Waals surface area contributed by atoms with Crippen molar-refractivity contribution in [2.24, 2.45) is 4.99 Å². The molecule has 1 saturated carbocycles. The van der Waals surface area contributed by atoms with Crippen LogP contribution >= 0.6 is 23.1 Å². The number of fused-ring (bicyclic) bond motifs is 3. The fourth-order valence-electron chi connectivity index (χ4n) is 3.02. The predicted molar refractivity (Wildman–Crippen MR) is 75.2 cm³/mol. The van der Waals surface area contributed by atoms with Gasteiger partial charge in [0.05, 0.1) is 22.7 Å². The fraction of sp³-hybridized carbons (Fsp3) is 0.462. The Morgan fingerprint density at radius 2 is 2.24 bits per heavy atom. The molecule has 2 nitrogen and oxygen atoms in total. The lowest BCUT2D eigenvalue weighted by Crippen LogP contribution is -2.37. The molecule has 3 heterocycles. The number of nitrogens with zero attached hydrogens (tertiary/aromatic N) is 2. The normalized spacial score (nSPS) is 30.9. The van der Waals surface area contributed by atoms with Gasteiger partial charge in [0.1, 0.15) is 0 Å².